The summed E-state index contributed by atoms with van der Waals surface area (Å²) in [4.78, 5) is 2.49. The monoisotopic (exact) mass is 769 g/mol. The molecule has 2 aliphatic carbocycles. The van der Waals surface area contributed by atoms with E-state index < -0.39 is 0 Å². The summed E-state index contributed by atoms with van der Waals surface area (Å²) in [7, 11) is 0. The van der Waals surface area contributed by atoms with Crippen LogP contribution >= 0.6 is 0 Å². The van der Waals surface area contributed by atoms with Gasteiger partial charge in [-0.05, 0) is 132 Å². The summed E-state index contributed by atoms with van der Waals surface area (Å²) in [6, 6.07) is 69.4. The molecule has 0 saturated heterocycles. The van der Waals surface area contributed by atoms with Crippen LogP contribution in [0.4, 0.5) is 17.1 Å². The van der Waals surface area contributed by atoms with Crippen molar-refractivity contribution in [3.8, 4) is 67.1 Å². The molecule has 0 atom stereocenters. The molecular weight excluding hydrogens is 727 g/mol. The van der Waals surface area contributed by atoms with Crippen molar-refractivity contribution in [1.82, 2.24) is 0 Å². The summed E-state index contributed by atoms with van der Waals surface area (Å²) in [5, 5.41) is 2.35. The van der Waals surface area contributed by atoms with Gasteiger partial charge in [-0.15, -0.1) is 0 Å². The van der Waals surface area contributed by atoms with Crippen molar-refractivity contribution in [3.05, 3.63) is 210 Å². The molecule has 286 valence electrons. The average Bonchev–Trinajstić information content (AvgIpc) is 3.58. The molecule has 0 unspecified atom stereocenters. The topological polar surface area (TPSA) is 12.5 Å². The third-order valence-corrected chi connectivity index (χ3v) is 13.6. The van der Waals surface area contributed by atoms with Crippen LogP contribution in [0.25, 0.3) is 66.4 Å². The van der Waals surface area contributed by atoms with Crippen LogP contribution in [0.3, 0.4) is 0 Å². The zero-order chi connectivity index (χ0) is 40.3. The summed E-state index contributed by atoms with van der Waals surface area (Å²) in [5.41, 5.74) is 20.4. The largest absolute Gasteiger partial charge is 0.456 e. The van der Waals surface area contributed by atoms with Crippen molar-refractivity contribution in [2.75, 3.05) is 4.90 Å². The highest BCUT2D eigenvalue weighted by atomic mass is 16.5. The summed E-state index contributed by atoms with van der Waals surface area (Å²) in [6.07, 6.45) is 0. The van der Waals surface area contributed by atoms with E-state index in [2.05, 4.69) is 221 Å². The molecule has 60 heavy (non-hydrogen) atoms. The van der Waals surface area contributed by atoms with E-state index in [-0.39, 0.29) is 10.8 Å². The molecule has 0 radical (unpaired) electrons. The Bertz CT molecular complexity index is 3140. The minimum atomic E-state index is -0.160. The molecule has 0 saturated carbocycles. The molecule has 0 spiro atoms. The van der Waals surface area contributed by atoms with Gasteiger partial charge in [0.05, 0.1) is 5.69 Å². The van der Waals surface area contributed by atoms with Gasteiger partial charge in [-0.3, -0.25) is 0 Å². The van der Waals surface area contributed by atoms with Crippen LogP contribution in [0.1, 0.15) is 49.9 Å². The van der Waals surface area contributed by atoms with Crippen LogP contribution in [0.15, 0.2) is 188 Å². The van der Waals surface area contributed by atoms with E-state index in [1.54, 1.807) is 0 Å². The first kappa shape index (κ1) is 34.8. The fraction of sp³-hybridized carbons (Fsp3) is 0.103. The highest BCUT2D eigenvalue weighted by Gasteiger charge is 2.38. The third-order valence-electron chi connectivity index (χ3n) is 13.6. The van der Waals surface area contributed by atoms with Gasteiger partial charge in [0.15, 0.2) is 0 Å². The molecule has 3 aliphatic rings. The normalized spacial score (nSPS) is 14.4. The maximum Gasteiger partial charge on any atom is 0.137 e. The van der Waals surface area contributed by atoms with Crippen LogP contribution < -0.4 is 9.64 Å². The molecule has 0 bridgehead atoms. The summed E-state index contributed by atoms with van der Waals surface area (Å²) < 4.78 is 7.17. The van der Waals surface area contributed by atoms with Gasteiger partial charge < -0.3 is 9.64 Å². The van der Waals surface area contributed by atoms with E-state index in [4.69, 9.17) is 4.74 Å². The predicted molar refractivity (Wildman–Crippen MR) is 250 cm³/mol. The SMILES string of the molecule is CC1(C)c2ccccc2-c2ccc(N(c3ccc4c(c3)C(C)(C)c3ccccc3-4)c3cccc4c3-c3cc(-c5ccccc5)ccc3-c3cc5ccccc5cc3O4)cc21. The lowest BCUT2D eigenvalue weighted by molar-refractivity contribution is 0.488. The fourth-order valence-electron chi connectivity index (χ4n) is 10.6. The summed E-state index contributed by atoms with van der Waals surface area (Å²) in [6.45, 7) is 9.47. The van der Waals surface area contributed by atoms with Gasteiger partial charge >= 0.3 is 0 Å². The Balaban J connectivity index is 1.14. The zero-order valence-electron chi connectivity index (χ0n) is 34.3. The number of nitrogens with zero attached hydrogens (tertiary/aromatic N) is 1. The number of hydrogen-bond donors (Lipinski definition) is 0. The molecule has 2 nitrogen and oxygen atoms in total. The van der Waals surface area contributed by atoms with Crippen LogP contribution in [0.5, 0.6) is 11.5 Å². The number of fused-ring (bicyclic) bond motifs is 12. The Hall–Kier alpha value is -7.16. The van der Waals surface area contributed by atoms with Crippen molar-refractivity contribution in [3.63, 3.8) is 0 Å². The van der Waals surface area contributed by atoms with Crippen LogP contribution in [-0.4, -0.2) is 0 Å². The van der Waals surface area contributed by atoms with E-state index in [0.29, 0.717) is 0 Å². The van der Waals surface area contributed by atoms with Gasteiger partial charge in [-0.25, -0.2) is 0 Å². The molecular formula is C58H43NO. The Morgan fingerprint density at radius 1 is 0.350 bits per heavy atom. The van der Waals surface area contributed by atoms with Crippen molar-refractivity contribution in [1.29, 1.82) is 0 Å². The van der Waals surface area contributed by atoms with E-state index in [1.165, 1.54) is 61.0 Å². The first-order chi connectivity index (χ1) is 29.3. The molecule has 0 fully saturated rings. The molecule has 12 rings (SSSR count). The summed E-state index contributed by atoms with van der Waals surface area (Å²) in [5.74, 6) is 1.69. The maximum atomic E-state index is 7.17. The number of ether oxygens (including phenoxy) is 1. The van der Waals surface area contributed by atoms with E-state index >= 15 is 0 Å². The first-order valence-electron chi connectivity index (χ1n) is 21.1. The van der Waals surface area contributed by atoms with E-state index in [9.17, 15) is 0 Å². The lowest BCUT2D eigenvalue weighted by atomic mass is 9.82. The Kier molecular flexibility index (Phi) is 7.36. The van der Waals surface area contributed by atoms with Crippen LogP contribution in [-0.2, 0) is 10.8 Å². The number of hydrogen-bond acceptors (Lipinski definition) is 2. The smallest absolute Gasteiger partial charge is 0.137 e. The van der Waals surface area contributed by atoms with Crippen molar-refractivity contribution in [2.24, 2.45) is 0 Å². The second kappa shape index (κ2) is 12.7. The molecule has 9 aromatic rings. The van der Waals surface area contributed by atoms with Crippen molar-refractivity contribution in [2.45, 2.75) is 38.5 Å². The zero-order valence-corrected chi connectivity index (χ0v) is 34.3. The second-order valence-electron chi connectivity index (χ2n) is 17.7. The molecule has 1 heterocycles. The minimum absolute atomic E-state index is 0.160. The number of anilines is 3. The molecule has 2 heteroatoms. The van der Waals surface area contributed by atoms with Gasteiger partial charge in [0.25, 0.3) is 0 Å². The van der Waals surface area contributed by atoms with Crippen molar-refractivity contribution < 1.29 is 4.74 Å². The minimum Gasteiger partial charge on any atom is -0.456 e. The molecule has 0 aromatic heterocycles. The first-order valence-corrected chi connectivity index (χ1v) is 21.1. The highest BCUT2D eigenvalue weighted by molar-refractivity contribution is 6.03. The lowest BCUT2D eigenvalue weighted by Gasteiger charge is -2.31. The van der Waals surface area contributed by atoms with Gasteiger partial charge in [-0.2, -0.15) is 0 Å². The number of benzene rings is 9. The number of rotatable bonds is 4. The highest BCUT2D eigenvalue weighted by Crippen LogP contribution is 2.57. The van der Waals surface area contributed by atoms with E-state index in [0.717, 1.165) is 56.2 Å². The molecule has 0 amide bonds. The molecule has 9 aromatic carbocycles. The van der Waals surface area contributed by atoms with E-state index in [1.807, 2.05) is 0 Å². The van der Waals surface area contributed by atoms with Crippen molar-refractivity contribution >= 4 is 27.8 Å². The van der Waals surface area contributed by atoms with Gasteiger partial charge in [0.2, 0.25) is 0 Å². The van der Waals surface area contributed by atoms with Crippen LogP contribution in [0.2, 0.25) is 0 Å². The standard InChI is InChI=1S/C58H43NO/c1-57(2)49-21-12-10-19-43(49)45-29-26-40(34-51(45)57)59(41-27-30-46-44-20-11-13-22-50(44)58(3,4)52(46)35-41)53-23-14-24-54-56(53)48-32-39(36-15-6-5-7-16-36)25-28-42(48)47-31-37-17-8-9-18-38(37)33-55(47)60-54/h5-35H,1-4H3. The second-order valence-corrected chi connectivity index (χ2v) is 17.7. The van der Waals surface area contributed by atoms with Gasteiger partial charge in [-0.1, -0.05) is 161 Å². The quantitative estimate of drug-likeness (QED) is 0.177. The predicted octanol–water partition coefficient (Wildman–Crippen LogP) is 16.0. The van der Waals surface area contributed by atoms with Gasteiger partial charge in [0.1, 0.15) is 11.5 Å². The summed E-state index contributed by atoms with van der Waals surface area (Å²) >= 11 is 0. The maximum absolute atomic E-state index is 7.17. The van der Waals surface area contributed by atoms with Gasteiger partial charge in [0, 0.05) is 33.3 Å². The molecule has 1 aliphatic heterocycles. The lowest BCUT2D eigenvalue weighted by Crippen LogP contribution is -2.18. The Morgan fingerprint density at radius 2 is 0.900 bits per heavy atom. The van der Waals surface area contributed by atoms with Crippen LogP contribution in [0, 0.1) is 0 Å². The molecule has 0 N–H and O–H groups in total. The third kappa shape index (κ3) is 5.01. The Morgan fingerprint density at radius 3 is 1.55 bits per heavy atom. The average molecular weight is 770 g/mol. The Labute approximate surface area is 352 Å². The fourth-order valence-corrected chi connectivity index (χ4v) is 10.6.